The van der Waals surface area contributed by atoms with Crippen LogP contribution in [0.3, 0.4) is 0 Å². The van der Waals surface area contributed by atoms with Crippen molar-refractivity contribution < 1.29 is 22.3 Å². The fourth-order valence-electron chi connectivity index (χ4n) is 1.39. The first kappa shape index (κ1) is 13.3. The van der Waals surface area contributed by atoms with Crippen LogP contribution in [0.25, 0.3) is 0 Å². The van der Waals surface area contributed by atoms with Crippen LogP contribution in [0.5, 0.6) is 11.6 Å². The van der Waals surface area contributed by atoms with Crippen LogP contribution < -0.4 is 4.74 Å². The molecule has 0 bridgehead atoms. The fourth-order valence-corrected chi connectivity index (χ4v) is 1.39. The van der Waals surface area contributed by atoms with Crippen LogP contribution in [0.1, 0.15) is 11.3 Å². The van der Waals surface area contributed by atoms with Gasteiger partial charge in [0.05, 0.1) is 5.56 Å². The summed E-state index contributed by atoms with van der Waals surface area (Å²) in [6.07, 6.45) is -3.55. The summed E-state index contributed by atoms with van der Waals surface area (Å²) < 4.78 is 55.7. The molecule has 1 aromatic carbocycles. The van der Waals surface area contributed by atoms with Gasteiger partial charge in [0, 0.05) is 11.8 Å². The van der Waals surface area contributed by atoms with E-state index in [9.17, 15) is 17.6 Å². The van der Waals surface area contributed by atoms with E-state index in [-0.39, 0.29) is 11.6 Å². The van der Waals surface area contributed by atoms with Gasteiger partial charge in [-0.25, -0.2) is 14.4 Å². The molecule has 3 nitrogen and oxygen atoms in total. The number of hydrogen-bond donors (Lipinski definition) is 0. The van der Waals surface area contributed by atoms with Gasteiger partial charge in [-0.05, 0) is 25.1 Å². The van der Waals surface area contributed by atoms with E-state index < -0.39 is 17.6 Å². The number of ether oxygens (including phenoxy) is 1. The van der Waals surface area contributed by atoms with Gasteiger partial charge in [-0.15, -0.1) is 0 Å². The molecule has 0 atom stereocenters. The second kappa shape index (κ2) is 4.83. The zero-order valence-electron chi connectivity index (χ0n) is 9.70. The number of aromatic nitrogens is 2. The van der Waals surface area contributed by atoms with Gasteiger partial charge in [0.15, 0.2) is 0 Å². The minimum atomic E-state index is -4.77. The fraction of sp³-hybridized carbons (Fsp3) is 0.167. The molecule has 0 aliphatic heterocycles. The van der Waals surface area contributed by atoms with Crippen LogP contribution in [-0.2, 0) is 6.18 Å². The van der Waals surface area contributed by atoms with E-state index in [1.165, 1.54) is 12.4 Å². The molecule has 0 aliphatic rings. The number of alkyl halides is 3. The van der Waals surface area contributed by atoms with Gasteiger partial charge in [0.2, 0.25) is 5.88 Å². The molecule has 0 saturated carbocycles. The summed E-state index contributed by atoms with van der Waals surface area (Å²) in [6.45, 7) is 1.68. The number of rotatable bonds is 2. The van der Waals surface area contributed by atoms with Crippen molar-refractivity contribution in [2.24, 2.45) is 0 Å². The van der Waals surface area contributed by atoms with E-state index in [1.54, 1.807) is 6.92 Å². The highest BCUT2D eigenvalue weighted by Crippen LogP contribution is 2.34. The van der Waals surface area contributed by atoms with Crippen molar-refractivity contribution in [2.75, 3.05) is 0 Å². The highest BCUT2D eigenvalue weighted by atomic mass is 19.4. The number of hydrogen-bond acceptors (Lipinski definition) is 3. The molecule has 7 heteroatoms. The second-order valence-electron chi connectivity index (χ2n) is 3.74. The van der Waals surface area contributed by atoms with E-state index >= 15 is 0 Å². The molecule has 0 aliphatic carbocycles. The number of nitrogens with zero attached hydrogens (tertiary/aromatic N) is 2. The van der Waals surface area contributed by atoms with E-state index in [0.29, 0.717) is 17.8 Å². The lowest BCUT2D eigenvalue weighted by atomic mass is 10.2. The Hall–Kier alpha value is -2.18. The summed E-state index contributed by atoms with van der Waals surface area (Å²) in [7, 11) is 0. The molecular formula is C12H8F4N2O. The smallest absolute Gasteiger partial charge is 0.419 e. The van der Waals surface area contributed by atoms with E-state index in [2.05, 4.69) is 9.97 Å². The molecule has 0 saturated heterocycles. The number of halogens is 4. The predicted molar refractivity (Wildman–Crippen MR) is 58.2 cm³/mol. The van der Waals surface area contributed by atoms with Crippen LogP contribution in [-0.4, -0.2) is 9.97 Å². The summed E-state index contributed by atoms with van der Waals surface area (Å²) in [5.41, 5.74) is -0.779. The zero-order valence-corrected chi connectivity index (χ0v) is 9.70. The van der Waals surface area contributed by atoms with Crippen molar-refractivity contribution in [3.8, 4) is 11.6 Å². The van der Waals surface area contributed by atoms with Crippen LogP contribution in [0.4, 0.5) is 17.6 Å². The average Bonchev–Trinajstić information content (AvgIpc) is 2.30. The average molecular weight is 272 g/mol. The first-order valence-electron chi connectivity index (χ1n) is 5.19. The molecule has 100 valence electrons. The van der Waals surface area contributed by atoms with Crippen molar-refractivity contribution >= 4 is 0 Å². The zero-order chi connectivity index (χ0) is 14.0. The summed E-state index contributed by atoms with van der Waals surface area (Å²) >= 11 is 0. The maximum absolute atomic E-state index is 13.1. The molecule has 2 rings (SSSR count). The van der Waals surface area contributed by atoms with Crippen LogP contribution in [0.2, 0.25) is 0 Å². The normalized spacial score (nSPS) is 11.4. The van der Waals surface area contributed by atoms with E-state index in [1.807, 2.05) is 0 Å². The van der Waals surface area contributed by atoms with Crippen molar-refractivity contribution in [3.63, 3.8) is 0 Å². The molecule has 0 spiro atoms. The molecule has 1 heterocycles. The van der Waals surface area contributed by atoms with Crippen LogP contribution >= 0.6 is 0 Å². The van der Waals surface area contributed by atoms with Crippen LogP contribution in [0.15, 0.2) is 30.6 Å². The molecule has 0 unspecified atom stereocenters. The minimum absolute atomic E-state index is 0.0900. The summed E-state index contributed by atoms with van der Waals surface area (Å²) in [4.78, 5) is 7.56. The Kier molecular flexibility index (Phi) is 3.37. The van der Waals surface area contributed by atoms with Gasteiger partial charge in [0.1, 0.15) is 17.9 Å². The Balaban J connectivity index is 2.32. The lowest BCUT2D eigenvalue weighted by molar-refractivity contribution is -0.140. The largest absolute Gasteiger partial charge is 0.439 e. The Morgan fingerprint density at radius 2 is 1.84 bits per heavy atom. The van der Waals surface area contributed by atoms with Crippen molar-refractivity contribution in [3.05, 3.63) is 47.7 Å². The Bertz CT molecular complexity index is 599. The Labute approximate surface area is 105 Å². The van der Waals surface area contributed by atoms with Gasteiger partial charge in [-0.1, -0.05) is 0 Å². The third-order valence-corrected chi connectivity index (χ3v) is 2.24. The Morgan fingerprint density at radius 1 is 1.11 bits per heavy atom. The molecule has 1 aromatic heterocycles. The first-order chi connectivity index (χ1) is 8.86. The molecule has 0 amide bonds. The minimum Gasteiger partial charge on any atom is -0.439 e. The van der Waals surface area contributed by atoms with Crippen molar-refractivity contribution in [1.29, 1.82) is 0 Å². The molecule has 0 radical (unpaired) electrons. The van der Waals surface area contributed by atoms with Gasteiger partial charge < -0.3 is 4.74 Å². The first-order valence-corrected chi connectivity index (χ1v) is 5.19. The monoisotopic (exact) mass is 272 g/mol. The third-order valence-electron chi connectivity index (χ3n) is 2.24. The highest BCUT2D eigenvalue weighted by Gasteiger charge is 2.34. The third kappa shape index (κ3) is 3.18. The second-order valence-corrected chi connectivity index (χ2v) is 3.74. The summed E-state index contributed by atoms with van der Waals surface area (Å²) in [5.74, 6) is -1.40. The highest BCUT2D eigenvalue weighted by molar-refractivity contribution is 5.34. The topological polar surface area (TPSA) is 35.0 Å². The molecular weight excluding hydrogens is 264 g/mol. The predicted octanol–water partition coefficient (Wildman–Crippen LogP) is 3.74. The standard InChI is InChI=1S/C12H8F4N2O/c1-7-4-11(18-6-17-7)19-8-2-3-10(13)9(5-8)12(14,15)16/h2-6H,1H3. The summed E-state index contributed by atoms with van der Waals surface area (Å²) in [6, 6.07) is 3.84. The quantitative estimate of drug-likeness (QED) is 0.781. The van der Waals surface area contributed by atoms with Crippen molar-refractivity contribution in [2.45, 2.75) is 13.1 Å². The van der Waals surface area contributed by atoms with Gasteiger partial charge in [0.25, 0.3) is 0 Å². The van der Waals surface area contributed by atoms with E-state index in [0.717, 1.165) is 6.07 Å². The Morgan fingerprint density at radius 3 is 2.47 bits per heavy atom. The molecule has 2 aromatic rings. The van der Waals surface area contributed by atoms with Gasteiger partial charge >= 0.3 is 6.18 Å². The lowest BCUT2D eigenvalue weighted by Gasteiger charge is -2.10. The SMILES string of the molecule is Cc1cc(Oc2ccc(F)c(C(F)(F)F)c2)ncn1. The maximum atomic E-state index is 13.1. The lowest BCUT2D eigenvalue weighted by Crippen LogP contribution is -2.08. The van der Waals surface area contributed by atoms with Gasteiger partial charge in [-0.2, -0.15) is 13.2 Å². The van der Waals surface area contributed by atoms with E-state index in [4.69, 9.17) is 4.74 Å². The van der Waals surface area contributed by atoms with Crippen LogP contribution in [0, 0.1) is 12.7 Å². The molecule has 0 fully saturated rings. The molecule has 0 N–H and O–H groups in total. The van der Waals surface area contributed by atoms with Crippen molar-refractivity contribution in [1.82, 2.24) is 9.97 Å². The summed E-state index contributed by atoms with van der Waals surface area (Å²) in [5, 5.41) is 0. The van der Waals surface area contributed by atoms with Gasteiger partial charge in [-0.3, -0.25) is 0 Å². The number of aryl methyl sites for hydroxylation is 1. The molecule has 19 heavy (non-hydrogen) atoms. The number of benzene rings is 1. The maximum Gasteiger partial charge on any atom is 0.419 e.